The average molecular weight is 540 g/mol. The fourth-order valence-electron chi connectivity index (χ4n) is 3.33. The van der Waals surface area contributed by atoms with Crippen molar-refractivity contribution in [3.8, 4) is 6.07 Å². The first-order chi connectivity index (χ1) is 17.6. The molecule has 0 saturated carbocycles. The van der Waals surface area contributed by atoms with Gasteiger partial charge in [-0.25, -0.2) is 4.98 Å². The van der Waals surface area contributed by atoms with E-state index in [1.165, 1.54) is 6.20 Å². The fourth-order valence-corrected chi connectivity index (χ4v) is 4.41. The van der Waals surface area contributed by atoms with Crippen LogP contribution < -0.4 is 30.7 Å². The van der Waals surface area contributed by atoms with Gasteiger partial charge in [0.15, 0.2) is 5.57 Å². The molecule has 0 unspecified atom stereocenters. The molecule has 2 aromatic rings. The summed E-state index contributed by atoms with van der Waals surface area (Å²) in [4.78, 5) is 43.5. The molecule has 2 aromatic heterocycles. The maximum Gasteiger partial charge on any atom is 0.405 e. The fraction of sp³-hybridized carbons (Fsp3) is 0.409. The first-order valence-corrected chi connectivity index (χ1v) is 12.0. The number of thiazole rings is 1. The number of hydrogen-bond donors (Lipinski definition) is 3. The molecule has 0 spiro atoms. The number of carbonyl (C=O) groups excluding carboxylic acids is 2. The number of halogens is 3. The molecule has 11 nitrogen and oxygen atoms in total. The number of carbonyl (C=O) groups is 2. The number of amides is 2. The highest BCUT2D eigenvalue weighted by molar-refractivity contribution is 7.07. The summed E-state index contributed by atoms with van der Waals surface area (Å²) < 4.78 is 43.8. The number of rotatable bonds is 8. The normalized spacial score (nSPS) is 15.6. The Bertz CT molecular complexity index is 1360. The summed E-state index contributed by atoms with van der Waals surface area (Å²) in [6.07, 6.45) is -3.34. The van der Waals surface area contributed by atoms with E-state index in [2.05, 4.69) is 15.6 Å². The monoisotopic (exact) mass is 539 g/mol. The van der Waals surface area contributed by atoms with Crippen LogP contribution in [0, 0.1) is 11.3 Å². The summed E-state index contributed by atoms with van der Waals surface area (Å²) in [6.45, 7) is 2.71. The number of nitriles is 1. The molecule has 1 fully saturated rings. The molecule has 3 N–H and O–H groups in total. The largest absolute Gasteiger partial charge is 0.405 e. The van der Waals surface area contributed by atoms with Gasteiger partial charge < -0.3 is 20.7 Å². The van der Waals surface area contributed by atoms with E-state index in [1.54, 1.807) is 36.5 Å². The molecule has 37 heavy (non-hydrogen) atoms. The average Bonchev–Trinajstić information content (AvgIpc) is 3.17. The van der Waals surface area contributed by atoms with Crippen molar-refractivity contribution in [3.63, 3.8) is 0 Å². The molecule has 3 rings (SSSR count). The van der Waals surface area contributed by atoms with Gasteiger partial charge in [0.2, 0.25) is 5.91 Å². The van der Waals surface area contributed by atoms with Crippen molar-refractivity contribution >= 4 is 46.6 Å². The molecule has 0 bridgehead atoms. The Morgan fingerprint density at radius 2 is 1.97 bits per heavy atom. The number of morpholine rings is 1. The molecule has 2 amide bonds. The van der Waals surface area contributed by atoms with Crippen LogP contribution in [0.5, 0.6) is 0 Å². The predicted molar refractivity (Wildman–Crippen MR) is 130 cm³/mol. The Hall–Kier alpha value is -3.74. The van der Waals surface area contributed by atoms with Gasteiger partial charge in [-0.05, 0) is 19.1 Å². The van der Waals surface area contributed by atoms with Gasteiger partial charge in [-0.3, -0.25) is 23.9 Å². The number of ether oxygens (including phenoxy) is 1. The third kappa shape index (κ3) is 7.87. The summed E-state index contributed by atoms with van der Waals surface area (Å²) in [5, 5.41) is 16.6. The minimum Gasteiger partial charge on any atom is -0.379 e. The Kier molecular flexibility index (Phi) is 9.39. The van der Waals surface area contributed by atoms with E-state index in [0.29, 0.717) is 32.1 Å². The van der Waals surface area contributed by atoms with Gasteiger partial charge in [0.25, 0.3) is 11.5 Å². The first kappa shape index (κ1) is 27.8. The lowest BCUT2D eigenvalue weighted by molar-refractivity contribution is -0.135. The Balaban J connectivity index is 1.80. The second-order valence-corrected chi connectivity index (χ2v) is 8.77. The highest BCUT2D eigenvalue weighted by Gasteiger charge is 2.29. The molecule has 1 saturated heterocycles. The minimum atomic E-state index is -4.65. The summed E-state index contributed by atoms with van der Waals surface area (Å²) in [5.74, 6) is -0.887. The van der Waals surface area contributed by atoms with Crippen molar-refractivity contribution in [3.05, 3.63) is 37.7 Å². The minimum absolute atomic E-state index is 0.0696. The van der Waals surface area contributed by atoms with Crippen LogP contribution in [0.1, 0.15) is 6.92 Å². The van der Waals surface area contributed by atoms with Gasteiger partial charge in [-0.1, -0.05) is 6.07 Å². The highest BCUT2D eigenvalue weighted by atomic mass is 32.1. The lowest BCUT2D eigenvalue weighted by Crippen LogP contribution is -2.41. The van der Waals surface area contributed by atoms with Crippen LogP contribution in [0.4, 0.5) is 24.8 Å². The van der Waals surface area contributed by atoms with Gasteiger partial charge in [0.1, 0.15) is 33.4 Å². The van der Waals surface area contributed by atoms with Crippen molar-refractivity contribution in [1.82, 2.24) is 19.8 Å². The van der Waals surface area contributed by atoms with Crippen LogP contribution in [0.25, 0.3) is 11.8 Å². The summed E-state index contributed by atoms with van der Waals surface area (Å²) in [5.41, 5.74) is -1.14. The number of nitrogens with one attached hydrogen (secondary N) is 3. The van der Waals surface area contributed by atoms with E-state index in [9.17, 15) is 32.8 Å². The molecule has 1 aliphatic heterocycles. The molecule has 0 atom stereocenters. The number of pyridine rings is 1. The van der Waals surface area contributed by atoms with Crippen LogP contribution in [0.2, 0.25) is 0 Å². The maximum atomic E-state index is 12.8. The lowest BCUT2D eigenvalue weighted by Gasteiger charge is -2.25. The van der Waals surface area contributed by atoms with E-state index < -0.39 is 29.8 Å². The van der Waals surface area contributed by atoms with Crippen LogP contribution in [0.3, 0.4) is 0 Å². The van der Waals surface area contributed by atoms with Crippen LogP contribution >= 0.6 is 11.3 Å². The molecule has 3 heterocycles. The van der Waals surface area contributed by atoms with Gasteiger partial charge in [0.05, 0.1) is 19.8 Å². The van der Waals surface area contributed by atoms with Gasteiger partial charge >= 0.3 is 6.18 Å². The van der Waals surface area contributed by atoms with E-state index in [1.807, 2.05) is 4.90 Å². The predicted octanol–water partition coefficient (Wildman–Crippen LogP) is -0.202. The second kappa shape index (κ2) is 12.5. The molecule has 198 valence electrons. The van der Waals surface area contributed by atoms with E-state index in [-0.39, 0.29) is 34.0 Å². The molecular formula is C22H24F3N7O4S. The smallest absolute Gasteiger partial charge is 0.379 e. The molecule has 0 aromatic carbocycles. The van der Waals surface area contributed by atoms with Crippen molar-refractivity contribution in [2.45, 2.75) is 19.6 Å². The summed E-state index contributed by atoms with van der Waals surface area (Å²) in [7, 11) is 0. The zero-order valence-corrected chi connectivity index (χ0v) is 20.5. The highest BCUT2D eigenvalue weighted by Crippen LogP contribution is 2.12. The number of hydrogen-bond acceptors (Lipinski definition) is 9. The lowest BCUT2D eigenvalue weighted by atomic mass is 10.3. The Labute approximate surface area is 212 Å². The third-order valence-corrected chi connectivity index (χ3v) is 6.19. The zero-order chi connectivity index (χ0) is 27.0. The van der Waals surface area contributed by atoms with E-state index in [0.717, 1.165) is 15.9 Å². The van der Waals surface area contributed by atoms with Crippen molar-refractivity contribution in [1.29, 1.82) is 5.26 Å². The second-order valence-electron chi connectivity index (χ2n) is 7.74. The number of aromatic nitrogens is 2. The number of nitrogens with zero attached hydrogens (tertiary/aromatic N) is 4. The molecule has 0 aliphatic carbocycles. The molecule has 15 heteroatoms. The van der Waals surface area contributed by atoms with Gasteiger partial charge in [-0.15, -0.1) is 11.3 Å². The third-order valence-electron chi connectivity index (χ3n) is 5.06. The SMILES string of the molecule is CCn1c(=O)/c(=C\Nc2cccc(NC(=O)CN3CCOCC3)n2)s/c1=C(/C#N)C(=O)NCC(F)(F)F. The first-order valence-electron chi connectivity index (χ1n) is 11.1. The van der Waals surface area contributed by atoms with Crippen molar-refractivity contribution < 1.29 is 27.5 Å². The van der Waals surface area contributed by atoms with Crippen molar-refractivity contribution in [2.24, 2.45) is 0 Å². The zero-order valence-electron chi connectivity index (χ0n) is 19.7. The Morgan fingerprint density at radius 1 is 1.27 bits per heavy atom. The Morgan fingerprint density at radius 3 is 2.62 bits per heavy atom. The standard InChI is InChI=1S/C22H24F3N7O4S/c1-2-32-20(35)15(37-21(32)14(10-26)19(34)28-13-22(23,24)25)11-27-16-4-3-5-17(29-16)30-18(33)12-31-6-8-36-9-7-31/h3-5,11H,2,6-9,12-13H2,1H3,(H,28,34)(H2,27,29,30,33)/b15-11+,21-14-. The van der Waals surface area contributed by atoms with Crippen LogP contribution in [-0.4, -0.2) is 71.8 Å². The van der Waals surface area contributed by atoms with E-state index >= 15 is 0 Å². The molecular weight excluding hydrogens is 515 g/mol. The number of alkyl halides is 3. The molecule has 0 radical (unpaired) electrons. The van der Waals surface area contributed by atoms with Gasteiger partial charge in [-0.2, -0.15) is 18.4 Å². The summed E-state index contributed by atoms with van der Waals surface area (Å²) >= 11 is 0.776. The van der Waals surface area contributed by atoms with Gasteiger partial charge in [0, 0.05) is 25.8 Å². The maximum absolute atomic E-state index is 12.8. The topological polar surface area (TPSA) is 141 Å². The van der Waals surface area contributed by atoms with E-state index in [4.69, 9.17) is 4.74 Å². The van der Waals surface area contributed by atoms with Crippen LogP contribution in [-0.2, 0) is 20.9 Å². The van der Waals surface area contributed by atoms with Crippen molar-refractivity contribution in [2.75, 3.05) is 50.0 Å². The van der Waals surface area contributed by atoms with Crippen LogP contribution in [0.15, 0.2) is 23.0 Å². The quantitative estimate of drug-likeness (QED) is 0.419. The summed E-state index contributed by atoms with van der Waals surface area (Å²) in [6, 6.07) is 6.43. The number of anilines is 2. The molecule has 1 aliphatic rings.